The molecule has 9 heteroatoms. The number of benzene rings is 1. The number of aromatic nitrogens is 3. The van der Waals surface area contributed by atoms with Gasteiger partial charge in [-0.2, -0.15) is 5.10 Å². The minimum atomic E-state index is -0.433. The van der Waals surface area contributed by atoms with Crippen molar-refractivity contribution >= 4 is 33.2 Å². The van der Waals surface area contributed by atoms with Crippen molar-refractivity contribution in [1.82, 2.24) is 19.9 Å². The summed E-state index contributed by atoms with van der Waals surface area (Å²) in [4.78, 5) is 28.4. The highest BCUT2D eigenvalue weighted by Crippen LogP contribution is 2.19. The number of aryl methyl sites for hydroxylation is 1. The molecular weight excluding hydrogens is 356 g/mol. The van der Waals surface area contributed by atoms with Gasteiger partial charge in [0.2, 0.25) is 4.96 Å². The number of carbonyl (C=O) groups excluding carboxylic acids is 1. The SMILES string of the molecule is Cc1nn2cc(CNC(=O)COc3ccc4ccc(=O)oc4c3)nc2s1. The first-order valence-corrected chi connectivity index (χ1v) is 8.63. The molecule has 3 aromatic heterocycles. The van der Waals surface area contributed by atoms with Crippen LogP contribution < -0.4 is 15.7 Å². The maximum absolute atomic E-state index is 12.0. The van der Waals surface area contributed by atoms with E-state index in [0.717, 1.165) is 21.0 Å². The Labute approximate surface area is 151 Å². The average molecular weight is 370 g/mol. The van der Waals surface area contributed by atoms with Gasteiger partial charge in [0, 0.05) is 17.5 Å². The summed E-state index contributed by atoms with van der Waals surface area (Å²) in [6.45, 7) is 2.06. The molecule has 4 aromatic rings. The van der Waals surface area contributed by atoms with Crippen LogP contribution in [-0.2, 0) is 11.3 Å². The van der Waals surface area contributed by atoms with Crippen LogP contribution in [0.2, 0.25) is 0 Å². The Morgan fingerprint density at radius 1 is 1.35 bits per heavy atom. The molecule has 0 aliphatic carbocycles. The van der Waals surface area contributed by atoms with E-state index in [-0.39, 0.29) is 12.5 Å². The van der Waals surface area contributed by atoms with Gasteiger partial charge in [0.1, 0.15) is 16.3 Å². The van der Waals surface area contributed by atoms with Gasteiger partial charge in [-0.3, -0.25) is 4.79 Å². The van der Waals surface area contributed by atoms with Crippen molar-refractivity contribution in [3.63, 3.8) is 0 Å². The highest BCUT2D eigenvalue weighted by atomic mass is 32.1. The Morgan fingerprint density at radius 2 is 2.19 bits per heavy atom. The number of nitrogens with zero attached hydrogens (tertiary/aromatic N) is 3. The molecule has 26 heavy (non-hydrogen) atoms. The normalized spacial score (nSPS) is 11.1. The van der Waals surface area contributed by atoms with Gasteiger partial charge in [-0.05, 0) is 25.1 Å². The lowest BCUT2D eigenvalue weighted by Gasteiger charge is -2.07. The zero-order valence-corrected chi connectivity index (χ0v) is 14.6. The van der Waals surface area contributed by atoms with E-state index in [9.17, 15) is 9.59 Å². The number of hydrogen-bond acceptors (Lipinski definition) is 7. The monoisotopic (exact) mass is 370 g/mol. The molecule has 8 nitrogen and oxygen atoms in total. The van der Waals surface area contributed by atoms with Crippen LogP contribution in [-0.4, -0.2) is 27.1 Å². The van der Waals surface area contributed by atoms with E-state index in [4.69, 9.17) is 9.15 Å². The maximum atomic E-state index is 12.0. The molecule has 3 heterocycles. The molecule has 0 saturated heterocycles. The highest BCUT2D eigenvalue weighted by Gasteiger charge is 2.08. The van der Waals surface area contributed by atoms with Crippen molar-refractivity contribution in [1.29, 1.82) is 0 Å². The summed E-state index contributed by atoms with van der Waals surface area (Å²) in [6, 6.07) is 8.09. The Balaban J connectivity index is 1.34. The first-order valence-electron chi connectivity index (χ1n) is 7.82. The van der Waals surface area contributed by atoms with Crippen LogP contribution in [0.1, 0.15) is 10.7 Å². The minimum absolute atomic E-state index is 0.151. The zero-order chi connectivity index (χ0) is 18.1. The molecule has 0 saturated carbocycles. The summed E-state index contributed by atoms with van der Waals surface area (Å²) in [6.07, 6.45) is 1.78. The van der Waals surface area contributed by atoms with E-state index < -0.39 is 5.63 Å². The van der Waals surface area contributed by atoms with Crippen molar-refractivity contribution in [2.75, 3.05) is 6.61 Å². The molecule has 0 aliphatic heterocycles. The van der Waals surface area contributed by atoms with E-state index in [0.29, 0.717) is 17.9 Å². The number of nitrogens with one attached hydrogen (secondary N) is 1. The van der Waals surface area contributed by atoms with E-state index >= 15 is 0 Å². The van der Waals surface area contributed by atoms with Crippen LogP contribution >= 0.6 is 11.3 Å². The Hall–Kier alpha value is -3.20. The first kappa shape index (κ1) is 16.3. The van der Waals surface area contributed by atoms with Crippen LogP contribution in [0.25, 0.3) is 15.9 Å². The van der Waals surface area contributed by atoms with Gasteiger partial charge >= 0.3 is 5.63 Å². The lowest BCUT2D eigenvalue weighted by molar-refractivity contribution is -0.123. The van der Waals surface area contributed by atoms with Gasteiger partial charge in [0.05, 0.1) is 18.4 Å². The summed E-state index contributed by atoms with van der Waals surface area (Å²) in [7, 11) is 0. The Morgan fingerprint density at radius 3 is 3.04 bits per heavy atom. The quantitative estimate of drug-likeness (QED) is 0.539. The lowest BCUT2D eigenvalue weighted by Crippen LogP contribution is -2.28. The molecule has 132 valence electrons. The molecule has 0 radical (unpaired) electrons. The summed E-state index contributed by atoms with van der Waals surface area (Å²) >= 11 is 1.49. The number of carbonyl (C=O) groups is 1. The molecule has 0 aliphatic rings. The number of imidazole rings is 1. The first-order chi connectivity index (χ1) is 12.6. The van der Waals surface area contributed by atoms with Crippen LogP contribution in [0, 0.1) is 6.92 Å². The highest BCUT2D eigenvalue weighted by molar-refractivity contribution is 7.16. The van der Waals surface area contributed by atoms with E-state index in [1.807, 2.05) is 6.92 Å². The Bertz CT molecular complexity index is 1130. The molecule has 0 atom stereocenters. The second-order valence-electron chi connectivity index (χ2n) is 5.60. The molecule has 1 aromatic carbocycles. The summed E-state index contributed by atoms with van der Waals surface area (Å²) in [5, 5.41) is 8.73. The van der Waals surface area contributed by atoms with Gasteiger partial charge in [-0.1, -0.05) is 11.3 Å². The summed E-state index contributed by atoms with van der Waals surface area (Å²) in [5.74, 6) is 0.171. The third-order valence-electron chi connectivity index (χ3n) is 3.63. The van der Waals surface area contributed by atoms with Crippen LogP contribution in [0.4, 0.5) is 0 Å². The summed E-state index contributed by atoms with van der Waals surface area (Å²) < 4.78 is 12.2. The fourth-order valence-corrected chi connectivity index (χ4v) is 3.19. The third-order valence-corrected chi connectivity index (χ3v) is 4.46. The molecule has 0 unspecified atom stereocenters. The average Bonchev–Trinajstić information content (AvgIpc) is 3.14. The number of ether oxygens (including phenoxy) is 1. The largest absolute Gasteiger partial charge is 0.484 e. The molecule has 0 fully saturated rings. The van der Waals surface area contributed by atoms with E-state index in [1.54, 1.807) is 35.0 Å². The third kappa shape index (κ3) is 3.42. The number of fused-ring (bicyclic) bond motifs is 2. The zero-order valence-electron chi connectivity index (χ0n) is 13.8. The predicted molar refractivity (Wildman–Crippen MR) is 95.4 cm³/mol. The van der Waals surface area contributed by atoms with Crippen LogP contribution in [0.3, 0.4) is 0 Å². The van der Waals surface area contributed by atoms with E-state index in [2.05, 4.69) is 15.4 Å². The molecule has 1 N–H and O–H groups in total. The van der Waals surface area contributed by atoms with E-state index in [1.165, 1.54) is 17.4 Å². The molecule has 1 amide bonds. The maximum Gasteiger partial charge on any atom is 0.336 e. The molecule has 0 bridgehead atoms. The second-order valence-corrected chi connectivity index (χ2v) is 6.76. The van der Waals surface area contributed by atoms with Gasteiger partial charge in [-0.25, -0.2) is 14.3 Å². The smallest absolute Gasteiger partial charge is 0.336 e. The van der Waals surface area contributed by atoms with Crippen molar-refractivity contribution < 1.29 is 13.9 Å². The van der Waals surface area contributed by atoms with Crippen LogP contribution in [0.5, 0.6) is 5.75 Å². The summed E-state index contributed by atoms with van der Waals surface area (Å²) in [5.41, 5.74) is 0.706. The van der Waals surface area contributed by atoms with Gasteiger partial charge in [0.25, 0.3) is 5.91 Å². The Kier molecular flexibility index (Phi) is 4.13. The van der Waals surface area contributed by atoms with Crippen LogP contribution in [0.15, 0.2) is 45.7 Å². The van der Waals surface area contributed by atoms with Crippen molar-refractivity contribution in [2.45, 2.75) is 13.5 Å². The number of rotatable bonds is 5. The van der Waals surface area contributed by atoms with Crippen molar-refractivity contribution in [3.8, 4) is 5.75 Å². The molecular formula is C17H14N4O4S. The fraction of sp³-hybridized carbons (Fsp3) is 0.176. The minimum Gasteiger partial charge on any atom is -0.484 e. The van der Waals surface area contributed by atoms with Gasteiger partial charge in [-0.15, -0.1) is 0 Å². The second kappa shape index (κ2) is 6.60. The standard InChI is InChI=1S/C17H14N4O4S/c1-10-20-21-8-12(19-17(21)26-10)7-18-15(22)9-24-13-4-2-11-3-5-16(23)25-14(11)6-13/h2-6,8H,7,9H2,1H3,(H,18,22). The lowest BCUT2D eigenvalue weighted by atomic mass is 10.2. The fourth-order valence-electron chi connectivity index (χ4n) is 2.45. The van der Waals surface area contributed by atoms with Crippen molar-refractivity contribution in [3.05, 3.63) is 57.7 Å². The molecule has 0 spiro atoms. The topological polar surface area (TPSA) is 98.7 Å². The van der Waals surface area contributed by atoms with Gasteiger partial charge < -0.3 is 14.5 Å². The van der Waals surface area contributed by atoms with Gasteiger partial charge in [0.15, 0.2) is 6.61 Å². The van der Waals surface area contributed by atoms with Crippen molar-refractivity contribution in [2.24, 2.45) is 0 Å². The number of hydrogen-bond donors (Lipinski definition) is 1. The molecule has 4 rings (SSSR count). The number of amides is 1. The predicted octanol–water partition coefficient (Wildman–Crippen LogP) is 1.90.